The van der Waals surface area contributed by atoms with E-state index in [0.717, 1.165) is 16.9 Å². The molecule has 1 N–H and O–H groups in total. The van der Waals surface area contributed by atoms with Gasteiger partial charge in [0.2, 0.25) is 11.8 Å². The summed E-state index contributed by atoms with van der Waals surface area (Å²) in [6, 6.07) is 19.5. The van der Waals surface area contributed by atoms with Crippen LogP contribution in [0, 0.1) is 0 Å². The summed E-state index contributed by atoms with van der Waals surface area (Å²) in [6.45, 7) is 5.06. The van der Waals surface area contributed by atoms with Gasteiger partial charge < -0.3 is 10.2 Å². The SMILES string of the molecule is CCCNC(=O)[C@@H](CC)N(Cc1ccccc1)C(=O)CCSc1ccccc1. The lowest BCUT2D eigenvalue weighted by Crippen LogP contribution is -2.49. The lowest BCUT2D eigenvalue weighted by atomic mass is 10.1. The Balaban J connectivity index is 2.06. The fourth-order valence-electron chi connectivity index (χ4n) is 2.98. The van der Waals surface area contributed by atoms with Gasteiger partial charge in [-0.1, -0.05) is 62.4 Å². The van der Waals surface area contributed by atoms with Crippen molar-refractivity contribution in [3.63, 3.8) is 0 Å². The van der Waals surface area contributed by atoms with Crippen molar-refractivity contribution < 1.29 is 9.59 Å². The molecule has 1 atom stereocenters. The van der Waals surface area contributed by atoms with Crippen LogP contribution in [0.1, 0.15) is 38.7 Å². The van der Waals surface area contributed by atoms with Crippen molar-refractivity contribution in [2.24, 2.45) is 0 Å². The molecule has 0 spiro atoms. The highest BCUT2D eigenvalue weighted by Crippen LogP contribution is 2.20. The Labute approximate surface area is 172 Å². The van der Waals surface area contributed by atoms with Crippen molar-refractivity contribution in [2.45, 2.75) is 50.6 Å². The number of thioether (sulfide) groups is 1. The van der Waals surface area contributed by atoms with Crippen LogP contribution in [0.25, 0.3) is 0 Å². The second-order valence-corrected chi connectivity index (χ2v) is 7.80. The minimum Gasteiger partial charge on any atom is -0.354 e. The van der Waals surface area contributed by atoms with E-state index in [1.807, 2.05) is 74.5 Å². The van der Waals surface area contributed by atoms with Crippen LogP contribution in [0.3, 0.4) is 0 Å². The summed E-state index contributed by atoms with van der Waals surface area (Å²) in [4.78, 5) is 28.6. The highest BCUT2D eigenvalue weighted by Gasteiger charge is 2.28. The first-order chi connectivity index (χ1) is 13.7. The minimum atomic E-state index is -0.444. The first-order valence-electron chi connectivity index (χ1n) is 9.94. The normalized spacial score (nSPS) is 11.6. The Hall–Kier alpha value is -2.27. The van der Waals surface area contributed by atoms with Crippen LogP contribution in [0.4, 0.5) is 0 Å². The maximum absolute atomic E-state index is 13.0. The average molecular weight is 399 g/mol. The molecule has 0 radical (unpaired) electrons. The van der Waals surface area contributed by atoms with Gasteiger partial charge in [-0.3, -0.25) is 9.59 Å². The van der Waals surface area contributed by atoms with Crippen molar-refractivity contribution in [3.8, 4) is 0 Å². The van der Waals surface area contributed by atoms with Crippen LogP contribution in [0.5, 0.6) is 0 Å². The third-order valence-corrected chi connectivity index (χ3v) is 5.47. The van der Waals surface area contributed by atoms with E-state index < -0.39 is 6.04 Å². The summed E-state index contributed by atoms with van der Waals surface area (Å²) in [7, 11) is 0. The van der Waals surface area contributed by atoms with Crippen molar-refractivity contribution in [2.75, 3.05) is 12.3 Å². The Morgan fingerprint density at radius 1 is 1.00 bits per heavy atom. The molecule has 0 heterocycles. The number of hydrogen-bond acceptors (Lipinski definition) is 3. The average Bonchev–Trinajstić information content (AvgIpc) is 2.73. The summed E-state index contributed by atoms with van der Waals surface area (Å²) < 4.78 is 0. The van der Waals surface area contributed by atoms with Crippen molar-refractivity contribution >= 4 is 23.6 Å². The van der Waals surface area contributed by atoms with E-state index >= 15 is 0 Å². The summed E-state index contributed by atoms with van der Waals surface area (Å²) in [5.41, 5.74) is 1.04. The maximum Gasteiger partial charge on any atom is 0.242 e. The molecule has 4 nitrogen and oxygen atoms in total. The third kappa shape index (κ3) is 7.04. The van der Waals surface area contributed by atoms with Gasteiger partial charge in [-0.2, -0.15) is 0 Å². The van der Waals surface area contributed by atoms with Crippen LogP contribution < -0.4 is 5.32 Å². The molecule has 5 heteroatoms. The molecule has 0 fully saturated rings. The zero-order valence-corrected chi connectivity index (χ0v) is 17.6. The zero-order chi connectivity index (χ0) is 20.2. The Morgan fingerprint density at radius 3 is 2.25 bits per heavy atom. The predicted octanol–water partition coefficient (Wildman–Crippen LogP) is 4.50. The molecule has 0 bridgehead atoms. The summed E-state index contributed by atoms with van der Waals surface area (Å²) >= 11 is 1.67. The first-order valence-corrected chi connectivity index (χ1v) is 10.9. The Morgan fingerprint density at radius 2 is 1.64 bits per heavy atom. The Kier molecular flexibility index (Phi) is 9.63. The largest absolute Gasteiger partial charge is 0.354 e. The van der Waals surface area contributed by atoms with Crippen molar-refractivity contribution in [3.05, 3.63) is 66.2 Å². The number of nitrogens with zero attached hydrogens (tertiary/aromatic N) is 1. The van der Waals surface area contributed by atoms with Gasteiger partial charge in [0.1, 0.15) is 6.04 Å². The zero-order valence-electron chi connectivity index (χ0n) is 16.8. The highest BCUT2D eigenvalue weighted by atomic mass is 32.2. The number of rotatable bonds is 11. The molecule has 28 heavy (non-hydrogen) atoms. The van der Waals surface area contributed by atoms with Crippen molar-refractivity contribution in [1.82, 2.24) is 10.2 Å². The molecule has 0 aromatic heterocycles. The maximum atomic E-state index is 13.0. The molecule has 0 aliphatic rings. The van der Waals surface area contributed by atoms with E-state index in [4.69, 9.17) is 0 Å². The van der Waals surface area contributed by atoms with Gasteiger partial charge in [0.15, 0.2) is 0 Å². The molecule has 2 rings (SSSR count). The molecule has 0 saturated heterocycles. The number of benzene rings is 2. The fourth-order valence-corrected chi connectivity index (χ4v) is 3.84. The molecule has 0 saturated carbocycles. The molecule has 0 aliphatic heterocycles. The van der Waals surface area contributed by atoms with Crippen LogP contribution in [0.2, 0.25) is 0 Å². The Bertz CT molecular complexity index is 722. The van der Waals surface area contributed by atoms with Crippen LogP contribution in [-0.2, 0) is 16.1 Å². The van der Waals surface area contributed by atoms with Crippen LogP contribution in [-0.4, -0.2) is 35.1 Å². The topological polar surface area (TPSA) is 49.4 Å². The van der Waals surface area contributed by atoms with Gasteiger partial charge >= 0.3 is 0 Å². The number of amides is 2. The molecule has 0 unspecified atom stereocenters. The van der Waals surface area contributed by atoms with E-state index in [-0.39, 0.29) is 11.8 Å². The molecule has 0 aliphatic carbocycles. The second-order valence-electron chi connectivity index (χ2n) is 6.63. The van der Waals surface area contributed by atoms with Crippen molar-refractivity contribution in [1.29, 1.82) is 0 Å². The number of carbonyl (C=O) groups excluding carboxylic acids is 2. The third-order valence-electron chi connectivity index (χ3n) is 4.46. The number of carbonyl (C=O) groups is 2. The lowest BCUT2D eigenvalue weighted by molar-refractivity contribution is -0.141. The predicted molar refractivity (Wildman–Crippen MR) is 116 cm³/mol. The molecule has 2 amide bonds. The number of nitrogens with one attached hydrogen (secondary N) is 1. The van der Waals surface area contributed by atoms with Gasteiger partial charge in [0.05, 0.1) is 0 Å². The molecule has 150 valence electrons. The fraction of sp³-hybridized carbons (Fsp3) is 0.391. The smallest absolute Gasteiger partial charge is 0.242 e. The van der Waals surface area contributed by atoms with E-state index in [1.54, 1.807) is 16.7 Å². The monoisotopic (exact) mass is 398 g/mol. The lowest BCUT2D eigenvalue weighted by Gasteiger charge is -2.30. The standard InChI is InChI=1S/C23H30N2O2S/c1-3-16-24-23(27)21(4-2)25(18-19-11-7-5-8-12-19)22(26)15-17-28-20-13-9-6-10-14-20/h5-14,21H,3-4,15-18H2,1-2H3,(H,24,27)/t21-/m1/s1. The van der Waals surface area contributed by atoms with Gasteiger partial charge in [-0.05, 0) is 30.5 Å². The first kappa shape index (κ1) is 22.0. The van der Waals surface area contributed by atoms with E-state index in [0.29, 0.717) is 31.7 Å². The van der Waals surface area contributed by atoms with Gasteiger partial charge in [-0.15, -0.1) is 11.8 Å². The summed E-state index contributed by atoms with van der Waals surface area (Å²) in [6.07, 6.45) is 1.88. The van der Waals surface area contributed by atoms with E-state index in [9.17, 15) is 9.59 Å². The van der Waals surface area contributed by atoms with Gasteiger partial charge in [-0.25, -0.2) is 0 Å². The second kappa shape index (κ2) is 12.2. The van der Waals surface area contributed by atoms with Crippen LogP contribution >= 0.6 is 11.8 Å². The quantitative estimate of drug-likeness (QED) is 0.567. The summed E-state index contributed by atoms with van der Waals surface area (Å²) in [5.74, 6) is 0.649. The molecule has 2 aromatic carbocycles. The molecule has 2 aromatic rings. The number of hydrogen-bond donors (Lipinski definition) is 1. The minimum absolute atomic E-state index is 0.0192. The van der Waals surface area contributed by atoms with E-state index in [2.05, 4.69) is 5.32 Å². The van der Waals surface area contributed by atoms with Gasteiger partial charge in [0.25, 0.3) is 0 Å². The van der Waals surface area contributed by atoms with E-state index in [1.165, 1.54) is 0 Å². The molecular formula is C23H30N2O2S. The molecular weight excluding hydrogens is 368 g/mol. The van der Waals surface area contributed by atoms with Gasteiger partial charge in [0, 0.05) is 30.2 Å². The summed E-state index contributed by atoms with van der Waals surface area (Å²) in [5, 5.41) is 2.95. The van der Waals surface area contributed by atoms with Crippen LogP contribution in [0.15, 0.2) is 65.6 Å². The highest BCUT2D eigenvalue weighted by molar-refractivity contribution is 7.99.